The van der Waals surface area contributed by atoms with E-state index in [2.05, 4.69) is 5.32 Å². The van der Waals surface area contributed by atoms with Gasteiger partial charge in [-0.1, -0.05) is 6.07 Å². The fourth-order valence-electron chi connectivity index (χ4n) is 2.41. The highest BCUT2D eigenvalue weighted by Gasteiger charge is 2.21. The van der Waals surface area contributed by atoms with Crippen LogP contribution in [0.2, 0.25) is 0 Å². The van der Waals surface area contributed by atoms with E-state index < -0.39 is 11.9 Å². The summed E-state index contributed by atoms with van der Waals surface area (Å²) in [5, 5.41) is 12.3. The fourth-order valence-corrected chi connectivity index (χ4v) is 3.46. The number of benzene rings is 1. The van der Waals surface area contributed by atoms with Crippen molar-refractivity contribution in [2.75, 3.05) is 26.1 Å². The monoisotopic (exact) mass is 400 g/mol. The minimum Gasteiger partial charge on any atom is -0.493 e. The van der Waals surface area contributed by atoms with E-state index >= 15 is 0 Å². The van der Waals surface area contributed by atoms with Crippen LogP contribution in [-0.2, 0) is 9.53 Å². The molecular formula is C20H20N2O5S. The van der Waals surface area contributed by atoms with Gasteiger partial charge >= 0.3 is 5.97 Å². The Kier molecular flexibility index (Phi) is 7.18. The van der Waals surface area contributed by atoms with Gasteiger partial charge in [-0.2, -0.15) is 5.26 Å². The van der Waals surface area contributed by atoms with Crippen molar-refractivity contribution in [3.8, 4) is 17.6 Å². The summed E-state index contributed by atoms with van der Waals surface area (Å²) in [6.45, 7) is 3.58. The van der Waals surface area contributed by atoms with Crippen molar-refractivity contribution in [3.63, 3.8) is 0 Å². The van der Waals surface area contributed by atoms with Gasteiger partial charge in [-0.25, -0.2) is 4.79 Å². The van der Waals surface area contributed by atoms with Gasteiger partial charge < -0.3 is 19.5 Å². The third kappa shape index (κ3) is 4.69. The SMILES string of the molecule is CCOC(=O)c1sc(NC(=O)C=Cc2ccc(OC)c(OC)c2)c(C#N)c1C. The average Bonchev–Trinajstić information content (AvgIpc) is 3.01. The number of hydrogen-bond acceptors (Lipinski definition) is 7. The molecule has 7 nitrogen and oxygen atoms in total. The summed E-state index contributed by atoms with van der Waals surface area (Å²) in [5.74, 6) is 0.193. The second kappa shape index (κ2) is 9.58. The van der Waals surface area contributed by atoms with Crippen LogP contribution in [0.15, 0.2) is 24.3 Å². The summed E-state index contributed by atoms with van der Waals surface area (Å²) in [5.41, 5.74) is 1.48. The molecule has 0 aliphatic carbocycles. The van der Waals surface area contributed by atoms with Crippen LogP contribution in [0.3, 0.4) is 0 Å². The molecule has 0 bridgehead atoms. The number of methoxy groups -OCH3 is 2. The number of nitriles is 1. The normalized spacial score (nSPS) is 10.4. The second-order valence-corrected chi connectivity index (χ2v) is 6.55. The summed E-state index contributed by atoms with van der Waals surface area (Å²) < 4.78 is 15.4. The lowest BCUT2D eigenvalue weighted by atomic mass is 10.1. The predicted octanol–water partition coefficient (Wildman–Crippen LogP) is 3.77. The van der Waals surface area contributed by atoms with Crippen molar-refractivity contribution in [2.45, 2.75) is 13.8 Å². The van der Waals surface area contributed by atoms with Crippen molar-refractivity contribution < 1.29 is 23.8 Å². The van der Waals surface area contributed by atoms with Crippen LogP contribution in [0, 0.1) is 18.3 Å². The van der Waals surface area contributed by atoms with Crippen molar-refractivity contribution in [1.82, 2.24) is 0 Å². The zero-order valence-electron chi connectivity index (χ0n) is 16.0. The Balaban J connectivity index is 2.19. The molecule has 1 amide bonds. The number of rotatable bonds is 7. The third-order valence-corrected chi connectivity index (χ3v) is 4.98. The van der Waals surface area contributed by atoms with E-state index in [1.165, 1.54) is 13.2 Å². The minimum atomic E-state index is -0.511. The Hall–Kier alpha value is -3.31. The molecule has 0 fully saturated rings. The first-order valence-corrected chi connectivity index (χ1v) is 9.18. The van der Waals surface area contributed by atoms with Crippen LogP contribution < -0.4 is 14.8 Å². The highest BCUT2D eigenvalue weighted by molar-refractivity contribution is 7.18. The number of ether oxygens (including phenoxy) is 3. The molecule has 1 heterocycles. The molecule has 1 aromatic heterocycles. The van der Waals surface area contributed by atoms with Crippen LogP contribution in [0.4, 0.5) is 5.00 Å². The number of nitrogens with zero attached hydrogens (tertiary/aromatic N) is 1. The summed E-state index contributed by atoms with van der Waals surface area (Å²) in [6.07, 6.45) is 2.94. The fraction of sp³-hybridized carbons (Fsp3) is 0.250. The lowest BCUT2D eigenvalue weighted by molar-refractivity contribution is -0.111. The van der Waals surface area contributed by atoms with Crippen LogP contribution in [0.25, 0.3) is 6.08 Å². The molecule has 0 spiro atoms. The first-order chi connectivity index (χ1) is 13.4. The summed E-state index contributed by atoms with van der Waals surface area (Å²) in [4.78, 5) is 24.6. The number of anilines is 1. The third-order valence-electron chi connectivity index (χ3n) is 3.79. The largest absolute Gasteiger partial charge is 0.493 e. The number of carbonyl (C=O) groups excluding carboxylic acids is 2. The van der Waals surface area contributed by atoms with Crippen molar-refractivity contribution in [1.29, 1.82) is 5.26 Å². The van der Waals surface area contributed by atoms with Gasteiger partial charge in [0.05, 0.1) is 26.4 Å². The molecule has 2 aromatic rings. The highest BCUT2D eigenvalue weighted by atomic mass is 32.1. The van der Waals surface area contributed by atoms with E-state index in [1.54, 1.807) is 45.2 Å². The molecule has 2 rings (SSSR count). The van der Waals surface area contributed by atoms with Gasteiger partial charge in [0.1, 0.15) is 15.9 Å². The molecule has 0 aliphatic rings. The topological polar surface area (TPSA) is 97.7 Å². The molecule has 0 aliphatic heterocycles. The number of hydrogen-bond donors (Lipinski definition) is 1. The first kappa shape index (κ1) is 21.0. The molecule has 146 valence electrons. The van der Waals surface area contributed by atoms with E-state index in [4.69, 9.17) is 14.2 Å². The van der Waals surface area contributed by atoms with Crippen LogP contribution >= 0.6 is 11.3 Å². The van der Waals surface area contributed by atoms with Crippen LogP contribution in [0.5, 0.6) is 11.5 Å². The Morgan fingerprint density at radius 1 is 1.25 bits per heavy atom. The Morgan fingerprint density at radius 3 is 2.57 bits per heavy atom. The zero-order valence-corrected chi connectivity index (χ0v) is 16.8. The predicted molar refractivity (Wildman–Crippen MR) is 107 cm³/mol. The molecule has 1 aromatic carbocycles. The standard InChI is InChI=1S/C20H20N2O5S/c1-5-27-20(24)18-12(2)14(11-21)19(28-18)22-17(23)9-7-13-6-8-15(25-3)16(10-13)26-4/h6-10H,5H2,1-4H3,(H,22,23). The van der Waals surface area contributed by atoms with Crippen molar-refractivity contribution >= 4 is 34.3 Å². The zero-order chi connectivity index (χ0) is 20.7. The van der Waals surface area contributed by atoms with Gasteiger partial charge in [-0.15, -0.1) is 11.3 Å². The smallest absolute Gasteiger partial charge is 0.348 e. The van der Waals surface area contributed by atoms with Gasteiger partial charge in [0.2, 0.25) is 5.91 Å². The lowest BCUT2D eigenvalue weighted by Crippen LogP contribution is -2.07. The van der Waals surface area contributed by atoms with Gasteiger partial charge in [-0.05, 0) is 43.2 Å². The van der Waals surface area contributed by atoms with E-state index in [0.717, 1.165) is 16.9 Å². The summed E-state index contributed by atoms with van der Waals surface area (Å²) >= 11 is 1.02. The second-order valence-electron chi connectivity index (χ2n) is 5.53. The van der Waals surface area contributed by atoms with Crippen LogP contribution in [-0.4, -0.2) is 32.7 Å². The Morgan fingerprint density at radius 2 is 1.96 bits per heavy atom. The molecule has 0 atom stereocenters. The molecule has 28 heavy (non-hydrogen) atoms. The molecule has 0 unspecified atom stereocenters. The van der Waals surface area contributed by atoms with E-state index in [0.29, 0.717) is 26.9 Å². The van der Waals surface area contributed by atoms with E-state index in [9.17, 15) is 14.9 Å². The molecule has 1 N–H and O–H groups in total. The van der Waals surface area contributed by atoms with E-state index in [1.807, 2.05) is 6.07 Å². The van der Waals surface area contributed by atoms with Crippen molar-refractivity contribution in [3.05, 3.63) is 45.8 Å². The summed E-state index contributed by atoms with van der Waals surface area (Å²) in [7, 11) is 3.07. The first-order valence-electron chi connectivity index (χ1n) is 8.36. The maximum Gasteiger partial charge on any atom is 0.348 e. The quantitative estimate of drug-likeness (QED) is 0.561. The van der Waals surface area contributed by atoms with Gasteiger partial charge in [0, 0.05) is 6.08 Å². The number of esters is 1. The molecular weight excluding hydrogens is 380 g/mol. The maximum atomic E-state index is 12.3. The number of carbonyl (C=O) groups is 2. The average molecular weight is 400 g/mol. The van der Waals surface area contributed by atoms with Crippen LogP contribution in [0.1, 0.15) is 33.3 Å². The number of amides is 1. The van der Waals surface area contributed by atoms with Gasteiger partial charge in [-0.3, -0.25) is 4.79 Å². The van der Waals surface area contributed by atoms with Gasteiger partial charge in [0.15, 0.2) is 11.5 Å². The van der Waals surface area contributed by atoms with E-state index in [-0.39, 0.29) is 12.2 Å². The Bertz CT molecular complexity index is 956. The molecule has 8 heteroatoms. The Labute approximate surface area is 167 Å². The molecule has 0 saturated carbocycles. The highest BCUT2D eigenvalue weighted by Crippen LogP contribution is 2.33. The summed E-state index contributed by atoms with van der Waals surface area (Å²) in [6, 6.07) is 7.27. The number of thiophene rings is 1. The lowest BCUT2D eigenvalue weighted by Gasteiger charge is -2.07. The van der Waals surface area contributed by atoms with Gasteiger partial charge in [0.25, 0.3) is 0 Å². The van der Waals surface area contributed by atoms with Crippen molar-refractivity contribution in [2.24, 2.45) is 0 Å². The molecule has 0 saturated heterocycles. The molecule has 0 radical (unpaired) electrons. The minimum absolute atomic E-state index is 0.230. The number of nitrogens with one attached hydrogen (secondary N) is 1. The maximum absolute atomic E-state index is 12.3.